The Morgan fingerprint density at radius 3 is 2.59 bits per heavy atom. The van der Waals surface area contributed by atoms with E-state index in [0.29, 0.717) is 45.7 Å². The average molecular weight is 342 g/mol. The number of hydrogen-bond acceptors (Lipinski definition) is 4. The Morgan fingerprint density at radius 1 is 1.27 bits per heavy atom. The summed E-state index contributed by atoms with van der Waals surface area (Å²) in [7, 11) is 0. The van der Waals surface area contributed by atoms with E-state index in [1.807, 2.05) is 6.92 Å². The molecule has 0 saturated carbocycles. The molecule has 0 aliphatic carbocycles. The molecular weight excluding hydrogens is 325 g/mol. The number of halogens is 2. The molecule has 0 bridgehead atoms. The molecule has 0 fully saturated rings. The number of aromatic nitrogens is 1. The minimum atomic E-state index is -0.261. The van der Waals surface area contributed by atoms with Crippen molar-refractivity contribution in [1.29, 1.82) is 0 Å². The highest BCUT2D eigenvalue weighted by Crippen LogP contribution is 2.36. The molecule has 2 N–H and O–H groups in total. The normalized spacial score (nSPS) is 10.7. The molecule has 0 unspecified atom stereocenters. The molecule has 0 aliphatic heterocycles. The number of carbonyl (C=O) groups is 1. The number of rotatable bonds is 6. The lowest BCUT2D eigenvalue weighted by atomic mass is 10.1. The largest absolute Gasteiger partial charge is 0.360 e. The van der Waals surface area contributed by atoms with Gasteiger partial charge in [0.2, 0.25) is 0 Å². The van der Waals surface area contributed by atoms with Crippen LogP contribution in [0.15, 0.2) is 22.7 Å². The number of hydrogen-bond donors (Lipinski definition) is 2. The maximum Gasteiger partial charge on any atom is 0.257 e. The van der Waals surface area contributed by atoms with Gasteiger partial charge in [-0.25, -0.2) is 0 Å². The molecule has 7 heteroatoms. The van der Waals surface area contributed by atoms with Gasteiger partial charge in [-0.15, -0.1) is 0 Å². The minimum Gasteiger partial charge on any atom is -0.360 e. The molecular formula is C15H17Cl2N3O2. The number of nitrogens with one attached hydrogen (secondary N) is 2. The van der Waals surface area contributed by atoms with Gasteiger partial charge >= 0.3 is 0 Å². The Balaban J connectivity index is 2.30. The highest BCUT2D eigenvalue weighted by molar-refractivity contribution is 6.39. The lowest BCUT2D eigenvalue weighted by molar-refractivity contribution is 0.0953. The summed E-state index contributed by atoms with van der Waals surface area (Å²) in [6.07, 6.45) is 0. The van der Waals surface area contributed by atoms with Crippen molar-refractivity contribution in [2.75, 3.05) is 19.6 Å². The molecule has 0 spiro atoms. The summed E-state index contributed by atoms with van der Waals surface area (Å²) in [5, 5.41) is 10.7. The lowest BCUT2D eigenvalue weighted by Crippen LogP contribution is -2.32. The smallest absolute Gasteiger partial charge is 0.257 e. The number of benzene rings is 1. The Morgan fingerprint density at radius 2 is 1.95 bits per heavy atom. The summed E-state index contributed by atoms with van der Waals surface area (Å²) >= 11 is 12.4. The van der Waals surface area contributed by atoms with Crippen LogP contribution in [-0.2, 0) is 0 Å². The number of nitrogens with zero attached hydrogens (tertiary/aromatic N) is 1. The Kier molecular flexibility index (Phi) is 5.83. The second-order valence-corrected chi connectivity index (χ2v) is 5.48. The molecule has 118 valence electrons. The van der Waals surface area contributed by atoms with Crippen LogP contribution >= 0.6 is 23.2 Å². The first-order chi connectivity index (χ1) is 10.6. The van der Waals surface area contributed by atoms with Crippen LogP contribution in [0.1, 0.15) is 23.0 Å². The fraction of sp³-hybridized carbons (Fsp3) is 0.333. The van der Waals surface area contributed by atoms with Crippen LogP contribution in [0.2, 0.25) is 10.0 Å². The predicted octanol–water partition coefficient (Wildman–Crippen LogP) is 3.30. The molecule has 0 atom stereocenters. The van der Waals surface area contributed by atoms with Gasteiger partial charge in [0.1, 0.15) is 17.0 Å². The van der Waals surface area contributed by atoms with E-state index in [1.54, 1.807) is 25.1 Å². The van der Waals surface area contributed by atoms with Crippen LogP contribution < -0.4 is 10.6 Å². The van der Waals surface area contributed by atoms with E-state index in [0.717, 1.165) is 6.54 Å². The monoisotopic (exact) mass is 341 g/mol. The van der Waals surface area contributed by atoms with Crippen molar-refractivity contribution in [2.24, 2.45) is 0 Å². The zero-order valence-corrected chi connectivity index (χ0v) is 13.9. The third-order valence-electron chi connectivity index (χ3n) is 3.13. The van der Waals surface area contributed by atoms with E-state index in [-0.39, 0.29) is 5.91 Å². The van der Waals surface area contributed by atoms with E-state index in [2.05, 4.69) is 15.8 Å². The van der Waals surface area contributed by atoms with Crippen molar-refractivity contribution in [3.8, 4) is 11.3 Å². The van der Waals surface area contributed by atoms with Gasteiger partial charge in [-0.3, -0.25) is 4.79 Å². The van der Waals surface area contributed by atoms with Gasteiger partial charge in [-0.1, -0.05) is 41.3 Å². The van der Waals surface area contributed by atoms with Crippen molar-refractivity contribution in [2.45, 2.75) is 13.8 Å². The van der Waals surface area contributed by atoms with Gasteiger partial charge in [-0.05, 0) is 25.6 Å². The van der Waals surface area contributed by atoms with Crippen molar-refractivity contribution < 1.29 is 9.32 Å². The standard InChI is InChI=1S/C15H17Cl2N3O2/c1-3-18-7-8-19-15(21)12-9(2)22-20-14(12)13-10(16)5-4-6-11(13)17/h4-6,18H,3,7-8H2,1-2H3,(H,19,21). The summed E-state index contributed by atoms with van der Waals surface area (Å²) in [5.74, 6) is 0.162. The van der Waals surface area contributed by atoms with Crippen molar-refractivity contribution >= 4 is 29.1 Å². The second kappa shape index (κ2) is 7.63. The van der Waals surface area contributed by atoms with Crippen molar-refractivity contribution in [3.05, 3.63) is 39.6 Å². The first-order valence-corrected chi connectivity index (χ1v) is 7.71. The molecule has 1 amide bonds. The molecule has 0 saturated heterocycles. The summed E-state index contributed by atoms with van der Waals surface area (Å²) in [4.78, 5) is 12.4. The Bertz CT molecular complexity index is 651. The average Bonchev–Trinajstić information content (AvgIpc) is 2.85. The van der Waals surface area contributed by atoms with Gasteiger partial charge in [0.25, 0.3) is 5.91 Å². The number of carbonyl (C=O) groups excluding carboxylic acids is 1. The first-order valence-electron chi connectivity index (χ1n) is 6.95. The van der Waals surface area contributed by atoms with Crippen LogP contribution in [0.5, 0.6) is 0 Å². The van der Waals surface area contributed by atoms with Crippen LogP contribution in [0, 0.1) is 6.92 Å². The molecule has 1 heterocycles. The molecule has 2 rings (SSSR count). The predicted molar refractivity (Wildman–Crippen MR) is 87.6 cm³/mol. The number of aryl methyl sites for hydroxylation is 1. The highest BCUT2D eigenvalue weighted by Gasteiger charge is 2.24. The quantitative estimate of drug-likeness (QED) is 0.791. The zero-order chi connectivity index (χ0) is 16.1. The number of likely N-dealkylation sites (N-methyl/N-ethyl adjacent to an activating group) is 1. The van der Waals surface area contributed by atoms with Crippen LogP contribution in [0.3, 0.4) is 0 Å². The van der Waals surface area contributed by atoms with Crippen LogP contribution in [-0.4, -0.2) is 30.7 Å². The molecule has 22 heavy (non-hydrogen) atoms. The molecule has 0 radical (unpaired) electrons. The molecule has 0 aliphatic rings. The van der Waals surface area contributed by atoms with E-state index < -0.39 is 0 Å². The Labute approximate surface area is 139 Å². The van der Waals surface area contributed by atoms with Crippen molar-refractivity contribution in [1.82, 2.24) is 15.8 Å². The van der Waals surface area contributed by atoms with Gasteiger partial charge in [0.05, 0.1) is 10.0 Å². The van der Waals surface area contributed by atoms with Gasteiger partial charge in [0, 0.05) is 18.7 Å². The van der Waals surface area contributed by atoms with Crippen LogP contribution in [0.25, 0.3) is 11.3 Å². The van der Waals surface area contributed by atoms with Gasteiger partial charge in [0.15, 0.2) is 0 Å². The maximum atomic E-state index is 12.4. The minimum absolute atomic E-state index is 0.261. The summed E-state index contributed by atoms with van der Waals surface area (Å²) < 4.78 is 5.16. The van der Waals surface area contributed by atoms with E-state index >= 15 is 0 Å². The SMILES string of the molecule is CCNCCNC(=O)c1c(-c2c(Cl)cccc2Cl)noc1C. The van der Waals surface area contributed by atoms with Gasteiger partial charge < -0.3 is 15.2 Å². The summed E-state index contributed by atoms with van der Waals surface area (Å²) in [6.45, 7) is 5.73. The third-order valence-corrected chi connectivity index (χ3v) is 3.76. The van der Waals surface area contributed by atoms with E-state index in [9.17, 15) is 4.79 Å². The lowest BCUT2D eigenvalue weighted by Gasteiger charge is -2.08. The van der Waals surface area contributed by atoms with E-state index in [4.69, 9.17) is 27.7 Å². The first kappa shape index (κ1) is 16.8. The third kappa shape index (κ3) is 3.61. The summed E-state index contributed by atoms with van der Waals surface area (Å²) in [6, 6.07) is 5.12. The second-order valence-electron chi connectivity index (χ2n) is 4.67. The van der Waals surface area contributed by atoms with Crippen LogP contribution in [0.4, 0.5) is 0 Å². The zero-order valence-electron chi connectivity index (χ0n) is 12.4. The molecule has 1 aromatic heterocycles. The maximum absolute atomic E-state index is 12.4. The van der Waals surface area contributed by atoms with Crippen molar-refractivity contribution in [3.63, 3.8) is 0 Å². The molecule has 5 nitrogen and oxygen atoms in total. The fourth-order valence-electron chi connectivity index (χ4n) is 2.06. The Hall–Kier alpha value is -1.56. The molecule has 1 aromatic carbocycles. The van der Waals surface area contributed by atoms with Gasteiger partial charge in [-0.2, -0.15) is 0 Å². The topological polar surface area (TPSA) is 67.2 Å². The fourth-order valence-corrected chi connectivity index (χ4v) is 2.64. The molecule has 2 aromatic rings. The highest BCUT2D eigenvalue weighted by atomic mass is 35.5. The number of amides is 1. The summed E-state index contributed by atoms with van der Waals surface area (Å²) in [5.41, 5.74) is 1.21. The van der Waals surface area contributed by atoms with E-state index in [1.165, 1.54) is 0 Å².